The van der Waals surface area contributed by atoms with Crippen LogP contribution in [0, 0.1) is 53.3 Å². The average molecular weight is 837 g/mol. The lowest BCUT2D eigenvalue weighted by molar-refractivity contribution is -0.144. The van der Waals surface area contributed by atoms with Gasteiger partial charge in [0, 0.05) is 6.42 Å². The summed E-state index contributed by atoms with van der Waals surface area (Å²) in [6.45, 7) is 21.6. The maximum absolute atomic E-state index is 10.7. The Labute approximate surface area is 364 Å². The number of hydrogen-bond acceptors (Lipinski definition) is 5. The highest BCUT2D eigenvalue weighted by Crippen LogP contribution is 2.35. The van der Waals surface area contributed by atoms with Crippen molar-refractivity contribution in [1.82, 2.24) is 0 Å². The molecule has 0 aromatic heterocycles. The fourth-order valence-electron chi connectivity index (χ4n) is 6.54. The molecule has 59 heavy (non-hydrogen) atoms. The minimum absolute atomic E-state index is 0. The zero-order valence-electron chi connectivity index (χ0n) is 35.3. The molecular weight excluding hydrogens is 741 g/mol. The zero-order valence-corrected chi connectivity index (χ0v) is 35.3. The minimum Gasteiger partial charge on any atom is -0.508 e. The van der Waals surface area contributed by atoms with Crippen molar-refractivity contribution < 1.29 is 39.9 Å². The minimum atomic E-state index is -0.696. The Morgan fingerprint density at radius 3 is 1.22 bits per heavy atom. The number of phenolic OH excluding ortho intramolecular Hbond substituents is 2. The molecule has 2 saturated carbocycles. The summed E-state index contributed by atoms with van der Waals surface area (Å²) in [4.78, 5) is 31.2. The maximum atomic E-state index is 10.7. The van der Waals surface area contributed by atoms with E-state index in [0.717, 1.165) is 63.7 Å². The second-order valence-corrected chi connectivity index (χ2v) is 17.2. The lowest BCUT2D eigenvalue weighted by atomic mass is 9.76. The number of aromatic hydroxyl groups is 2. The van der Waals surface area contributed by atoms with Crippen LogP contribution < -0.4 is 0 Å². The number of carboxylic acid groups (broad SMARTS) is 3. The van der Waals surface area contributed by atoms with Gasteiger partial charge in [0.25, 0.3) is 0 Å². The molecule has 2 aliphatic rings. The van der Waals surface area contributed by atoms with E-state index in [1.807, 2.05) is 38.1 Å². The molecule has 0 spiro atoms. The monoisotopic (exact) mass is 837 g/mol. The third-order valence-electron chi connectivity index (χ3n) is 10.2. The molecule has 2 aliphatic carbocycles. The molecule has 0 radical (unpaired) electrons. The Kier molecular flexibility index (Phi) is 42.7. The molecule has 4 atom stereocenters. The van der Waals surface area contributed by atoms with E-state index in [1.165, 1.54) is 24.0 Å². The van der Waals surface area contributed by atoms with Crippen LogP contribution in [0.4, 0.5) is 0 Å². The Balaban J connectivity index is -0.000000147. The molecule has 0 amide bonds. The quantitative estimate of drug-likeness (QED) is 0.142. The summed E-state index contributed by atoms with van der Waals surface area (Å²) in [6, 6.07) is 14.9. The highest BCUT2D eigenvalue weighted by molar-refractivity contribution is 5.70. The molecule has 2 aromatic rings. The van der Waals surface area contributed by atoms with E-state index in [0.29, 0.717) is 53.4 Å². The van der Waals surface area contributed by atoms with Crippen LogP contribution in [-0.4, -0.2) is 43.4 Å². The van der Waals surface area contributed by atoms with Gasteiger partial charge in [0.2, 0.25) is 0 Å². The van der Waals surface area contributed by atoms with Crippen LogP contribution in [0.1, 0.15) is 182 Å². The van der Waals surface area contributed by atoms with Crippen LogP contribution in [0.3, 0.4) is 0 Å². The summed E-state index contributed by atoms with van der Waals surface area (Å²) in [7, 11) is 0. The third kappa shape index (κ3) is 35.0. The van der Waals surface area contributed by atoms with Crippen LogP contribution in [0.15, 0.2) is 48.5 Å². The number of carboxylic acids is 3. The van der Waals surface area contributed by atoms with Gasteiger partial charge >= 0.3 is 17.9 Å². The van der Waals surface area contributed by atoms with Gasteiger partial charge < -0.3 is 25.5 Å². The molecule has 5 N–H and O–H groups in total. The summed E-state index contributed by atoms with van der Waals surface area (Å²) in [5.41, 5.74) is 2.60. The summed E-state index contributed by atoms with van der Waals surface area (Å²) in [5.74, 6) is 3.20. The fourth-order valence-corrected chi connectivity index (χ4v) is 6.54. The van der Waals surface area contributed by atoms with E-state index in [1.54, 1.807) is 24.3 Å². The van der Waals surface area contributed by atoms with Crippen LogP contribution in [0.2, 0.25) is 0 Å². The molecule has 348 valence electrons. The number of aliphatic carboxylic acids is 3. The number of carbonyl (C=O) groups is 3. The maximum Gasteiger partial charge on any atom is 0.306 e. The lowest BCUT2D eigenvalue weighted by Crippen LogP contribution is -2.25. The Morgan fingerprint density at radius 1 is 0.525 bits per heavy atom. The SMILES string of the molecule is C.C.C.C.C.CC(C)C1CCC(C(=O)O)C1.CC(C)C1CCCC(C(=O)O)C1.CC(C)CCC(=O)O.CC(C)CCc1ccc(O)cc1.CC(C)Cc1ccc(O)cc1. The van der Waals surface area contributed by atoms with Gasteiger partial charge in [-0.05, 0) is 135 Å². The predicted molar refractivity (Wildman–Crippen MR) is 255 cm³/mol. The van der Waals surface area contributed by atoms with Crippen molar-refractivity contribution in [3.05, 3.63) is 59.7 Å². The highest BCUT2D eigenvalue weighted by Gasteiger charge is 2.31. The molecule has 4 rings (SSSR count). The molecular formula is C51H96O8. The van der Waals surface area contributed by atoms with E-state index in [9.17, 15) is 14.4 Å². The largest absolute Gasteiger partial charge is 0.508 e. The summed E-state index contributed by atoms with van der Waals surface area (Å²) in [6.07, 6.45) is 11.5. The van der Waals surface area contributed by atoms with Gasteiger partial charge in [0.1, 0.15) is 11.5 Å². The number of phenols is 2. The van der Waals surface area contributed by atoms with Gasteiger partial charge in [0.05, 0.1) is 11.8 Å². The number of aryl methyl sites for hydroxylation is 1. The van der Waals surface area contributed by atoms with E-state index >= 15 is 0 Å². The predicted octanol–water partition coefficient (Wildman–Crippen LogP) is 14.9. The van der Waals surface area contributed by atoms with E-state index < -0.39 is 17.9 Å². The van der Waals surface area contributed by atoms with E-state index in [4.69, 9.17) is 25.5 Å². The second kappa shape index (κ2) is 37.4. The molecule has 2 aromatic carbocycles. The van der Waals surface area contributed by atoms with Crippen molar-refractivity contribution in [2.45, 2.75) is 183 Å². The molecule has 8 nitrogen and oxygen atoms in total. The summed E-state index contributed by atoms with van der Waals surface area (Å²) >= 11 is 0. The molecule has 0 aliphatic heterocycles. The molecule has 0 saturated heterocycles. The third-order valence-corrected chi connectivity index (χ3v) is 10.2. The lowest BCUT2D eigenvalue weighted by Gasteiger charge is -2.29. The van der Waals surface area contributed by atoms with Gasteiger partial charge in [-0.25, -0.2) is 0 Å². The van der Waals surface area contributed by atoms with Crippen molar-refractivity contribution >= 4 is 17.9 Å². The molecule has 0 bridgehead atoms. The summed E-state index contributed by atoms with van der Waals surface area (Å²) in [5, 5.41) is 43.7. The van der Waals surface area contributed by atoms with Gasteiger partial charge in [-0.3, -0.25) is 14.4 Å². The number of hydrogen-bond donors (Lipinski definition) is 5. The summed E-state index contributed by atoms with van der Waals surface area (Å²) < 4.78 is 0. The highest BCUT2D eigenvalue weighted by atomic mass is 16.4. The van der Waals surface area contributed by atoms with Crippen LogP contribution >= 0.6 is 0 Å². The van der Waals surface area contributed by atoms with E-state index in [-0.39, 0.29) is 49.0 Å². The Hall–Kier alpha value is -3.55. The topological polar surface area (TPSA) is 152 Å². The second-order valence-electron chi connectivity index (χ2n) is 17.2. The van der Waals surface area contributed by atoms with Crippen LogP contribution in [0.5, 0.6) is 11.5 Å². The van der Waals surface area contributed by atoms with Crippen molar-refractivity contribution in [3.63, 3.8) is 0 Å². The normalized spacial score (nSPS) is 17.5. The molecule has 0 heterocycles. The smallest absolute Gasteiger partial charge is 0.306 e. The van der Waals surface area contributed by atoms with Gasteiger partial charge in [-0.15, -0.1) is 0 Å². The van der Waals surface area contributed by atoms with Crippen molar-refractivity contribution in [1.29, 1.82) is 0 Å². The van der Waals surface area contributed by atoms with Gasteiger partial charge in [0.15, 0.2) is 0 Å². The van der Waals surface area contributed by atoms with Gasteiger partial charge in [-0.1, -0.05) is 143 Å². The standard InChI is InChI=1S/C11H16O.C10H18O2.C10H14O.C9H16O2.C6H12O2.5CH4/c1-9(2)3-4-10-5-7-11(12)8-6-10;1-7(2)8-4-3-5-9(6-8)10(11)12;1-8(2)7-9-3-5-10(11)6-4-9;1-6(2)7-3-4-8(5-7)9(10)11;1-5(2)3-4-6(7)8;;;;;/h5-9,12H,3-4H2,1-2H3;7-9H,3-6H2,1-2H3,(H,11,12);3-6,8,11H,7H2,1-2H3;6-8H,3-5H2,1-2H3,(H,10,11);5H,3-4H2,1-2H3,(H,7,8);5*1H4. The first kappa shape index (κ1) is 67.2. The first-order valence-electron chi connectivity index (χ1n) is 20.4. The first-order chi connectivity index (χ1) is 25.2. The Bertz CT molecular complexity index is 1280. The molecule has 2 fully saturated rings. The molecule has 4 unspecified atom stereocenters. The van der Waals surface area contributed by atoms with Crippen LogP contribution in [0.25, 0.3) is 0 Å². The fraction of sp³-hybridized carbons (Fsp3) is 0.706. The Morgan fingerprint density at radius 2 is 0.915 bits per heavy atom. The van der Waals surface area contributed by atoms with Crippen molar-refractivity contribution in [2.24, 2.45) is 53.3 Å². The van der Waals surface area contributed by atoms with Crippen LogP contribution in [-0.2, 0) is 27.2 Å². The first-order valence-corrected chi connectivity index (χ1v) is 20.4. The number of rotatable bonds is 12. The van der Waals surface area contributed by atoms with E-state index in [2.05, 4.69) is 55.4 Å². The van der Waals surface area contributed by atoms with Gasteiger partial charge in [-0.2, -0.15) is 0 Å². The van der Waals surface area contributed by atoms with Crippen molar-refractivity contribution in [3.8, 4) is 11.5 Å². The zero-order chi connectivity index (χ0) is 41.4. The molecule has 8 heteroatoms. The number of benzene rings is 2. The average Bonchev–Trinajstić information content (AvgIpc) is 3.61. The van der Waals surface area contributed by atoms with Crippen molar-refractivity contribution in [2.75, 3.05) is 0 Å².